The Labute approximate surface area is 121 Å². The van der Waals surface area contributed by atoms with Gasteiger partial charge in [-0.2, -0.15) is 9.49 Å². The number of furan rings is 1. The van der Waals surface area contributed by atoms with Gasteiger partial charge in [0.15, 0.2) is 16.6 Å². The number of hydrogen-bond acceptors (Lipinski definition) is 6. The Morgan fingerprint density at radius 2 is 2.29 bits per heavy atom. The van der Waals surface area contributed by atoms with Gasteiger partial charge in [-0.05, 0) is 24.3 Å². The van der Waals surface area contributed by atoms with Gasteiger partial charge in [-0.3, -0.25) is 4.79 Å². The van der Waals surface area contributed by atoms with E-state index in [0.29, 0.717) is 16.4 Å². The van der Waals surface area contributed by atoms with Crippen LogP contribution in [0.5, 0.6) is 0 Å². The molecule has 0 aliphatic heterocycles. The molecule has 1 amide bonds. The van der Waals surface area contributed by atoms with Crippen molar-refractivity contribution in [2.24, 2.45) is 5.10 Å². The summed E-state index contributed by atoms with van der Waals surface area (Å²) in [6, 6.07) is 7.70. The largest absolute Gasteiger partial charge is 0.461 e. The van der Waals surface area contributed by atoms with Crippen molar-refractivity contribution in [3.05, 3.63) is 52.3 Å². The van der Waals surface area contributed by atoms with Crippen LogP contribution in [0.1, 0.15) is 15.4 Å². The molecule has 106 valence electrons. The van der Waals surface area contributed by atoms with Crippen LogP contribution in [0.3, 0.4) is 0 Å². The minimum absolute atomic E-state index is 0.0657. The Morgan fingerprint density at radius 1 is 1.38 bits per heavy atom. The van der Waals surface area contributed by atoms with Crippen molar-refractivity contribution in [2.75, 3.05) is 0 Å². The summed E-state index contributed by atoms with van der Waals surface area (Å²) >= 11 is 0.924. The molecule has 0 bridgehead atoms. The Bertz CT molecular complexity index is 776. The van der Waals surface area contributed by atoms with Gasteiger partial charge in [0.25, 0.3) is 5.91 Å². The van der Waals surface area contributed by atoms with E-state index in [1.807, 2.05) is 0 Å². The SMILES string of the molecule is O=C(N/N=C\c1ccc(F)s1)c1cc(-c2ccco2)on1. The van der Waals surface area contributed by atoms with Crippen LogP contribution in [-0.4, -0.2) is 17.3 Å². The highest BCUT2D eigenvalue weighted by Crippen LogP contribution is 2.20. The summed E-state index contributed by atoms with van der Waals surface area (Å²) in [4.78, 5) is 12.4. The molecule has 0 aliphatic carbocycles. The molecule has 1 N–H and O–H groups in total. The maximum absolute atomic E-state index is 12.8. The number of nitrogens with zero attached hydrogens (tertiary/aromatic N) is 2. The molecule has 6 nitrogen and oxygen atoms in total. The Hall–Kier alpha value is -2.74. The quantitative estimate of drug-likeness (QED) is 0.593. The summed E-state index contributed by atoms with van der Waals surface area (Å²) in [5, 5.41) is 7.02. The molecule has 3 aromatic heterocycles. The molecule has 21 heavy (non-hydrogen) atoms. The molecular formula is C13H8FN3O3S. The van der Waals surface area contributed by atoms with Crippen molar-refractivity contribution in [3.63, 3.8) is 0 Å². The van der Waals surface area contributed by atoms with Crippen LogP contribution in [0.25, 0.3) is 11.5 Å². The van der Waals surface area contributed by atoms with Crippen molar-refractivity contribution in [1.82, 2.24) is 10.6 Å². The van der Waals surface area contributed by atoms with Crippen molar-refractivity contribution < 1.29 is 18.1 Å². The summed E-state index contributed by atoms with van der Waals surface area (Å²) in [6.07, 6.45) is 2.83. The van der Waals surface area contributed by atoms with Gasteiger partial charge in [0.1, 0.15) is 0 Å². The first-order valence-corrected chi connectivity index (χ1v) is 6.63. The third kappa shape index (κ3) is 3.06. The van der Waals surface area contributed by atoms with E-state index in [9.17, 15) is 9.18 Å². The maximum Gasteiger partial charge on any atom is 0.293 e. The van der Waals surface area contributed by atoms with Gasteiger partial charge in [0, 0.05) is 6.07 Å². The fourth-order valence-corrected chi connectivity index (χ4v) is 2.13. The maximum atomic E-state index is 12.8. The molecule has 0 aromatic carbocycles. The fourth-order valence-electron chi connectivity index (χ4n) is 1.53. The molecule has 0 unspecified atom stereocenters. The third-order valence-electron chi connectivity index (χ3n) is 2.46. The molecule has 0 atom stereocenters. The Morgan fingerprint density at radius 3 is 3.00 bits per heavy atom. The number of rotatable bonds is 4. The number of halogens is 1. The second kappa shape index (κ2) is 5.71. The van der Waals surface area contributed by atoms with E-state index in [1.54, 1.807) is 18.2 Å². The minimum Gasteiger partial charge on any atom is -0.461 e. The molecule has 0 spiro atoms. The normalized spacial score (nSPS) is 11.1. The predicted octanol–water partition coefficient (Wildman–Crippen LogP) is 2.90. The van der Waals surface area contributed by atoms with Crippen molar-refractivity contribution in [2.45, 2.75) is 0 Å². The number of aromatic nitrogens is 1. The zero-order valence-corrected chi connectivity index (χ0v) is 11.3. The molecule has 0 saturated heterocycles. The van der Waals surface area contributed by atoms with Gasteiger partial charge >= 0.3 is 0 Å². The number of amides is 1. The van der Waals surface area contributed by atoms with Crippen LogP contribution < -0.4 is 5.43 Å². The van der Waals surface area contributed by atoms with E-state index in [0.717, 1.165) is 11.3 Å². The summed E-state index contributed by atoms with van der Waals surface area (Å²) in [7, 11) is 0. The lowest BCUT2D eigenvalue weighted by molar-refractivity contribution is 0.0946. The predicted molar refractivity (Wildman–Crippen MR) is 73.5 cm³/mol. The lowest BCUT2D eigenvalue weighted by Crippen LogP contribution is -2.17. The Balaban J connectivity index is 1.64. The van der Waals surface area contributed by atoms with Crippen LogP contribution in [0.4, 0.5) is 4.39 Å². The minimum atomic E-state index is -0.537. The van der Waals surface area contributed by atoms with E-state index < -0.39 is 5.91 Å². The molecule has 0 radical (unpaired) electrons. The first kappa shape index (κ1) is 13.3. The monoisotopic (exact) mass is 305 g/mol. The highest BCUT2D eigenvalue weighted by atomic mass is 32.1. The van der Waals surface area contributed by atoms with Crippen LogP contribution in [0.2, 0.25) is 0 Å². The zero-order chi connectivity index (χ0) is 14.7. The molecule has 3 rings (SSSR count). The second-order valence-corrected chi connectivity index (χ2v) is 4.96. The second-order valence-electron chi connectivity index (χ2n) is 3.89. The van der Waals surface area contributed by atoms with Crippen molar-refractivity contribution >= 4 is 23.5 Å². The van der Waals surface area contributed by atoms with Crippen LogP contribution in [0.15, 0.2) is 50.6 Å². The number of nitrogens with one attached hydrogen (secondary N) is 1. The number of hydrogen-bond donors (Lipinski definition) is 1. The Kier molecular flexibility index (Phi) is 3.61. The van der Waals surface area contributed by atoms with Crippen molar-refractivity contribution in [3.8, 4) is 11.5 Å². The highest BCUT2D eigenvalue weighted by molar-refractivity contribution is 7.12. The molecule has 0 saturated carbocycles. The lowest BCUT2D eigenvalue weighted by atomic mass is 10.3. The molecule has 3 heterocycles. The van der Waals surface area contributed by atoms with E-state index in [4.69, 9.17) is 8.94 Å². The van der Waals surface area contributed by atoms with Gasteiger partial charge < -0.3 is 8.94 Å². The average Bonchev–Trinajstić information content (AvgIpc) is 3.19. The number of carbonyl (C=O) groups excluding carboxylic acids is 1. The smallest absolute Gasteiger partial charge is 0.293 e. The van der Waals surface area contributed by atoms with Crippen LogP contribution in [-0.2, 0) is 0 Å². The molecule has 0 aliphatic rings. The van der Waals surface area contributed by atoms with Gasteiger partial charge in [0.05, 0.1) is 17.4 Å². The average molecular weight is 305 g/mol. The van der Waals surface area contributed by atoms with Crippen LogP contribution >= 0.6 is 11.3 Å². The molecule has 8 heteroatoms. The van der Waals surface area contributed by atoms with Gasteiger partial charge in [-0.25, -0.2) is 5.43 Å². The lowest BCUT2D eigenvalue weighted by Gasteiger charge is -1.92. The zero-order valence-electron chi connectivity index (χ0n) is 10.4. The summed E-state index contributed by atoms with van der Waals surface area (Å²) in [5.41, 5.74) is 2.34. The van der Waals surface area contributed by atoms with Crippen molar-refractivity contribution in [1.29, 1.82) is 0 Å². The van der Waals surface area contributed by atoms with E-state index in [-0.39, 0.29) is 10.8 Å². The van der Waals surface area contributed by atoms with E-state index in [2.05, 4.69) is 15.7 Å². The molecule has 0 fully saturated rings. The van der Waals surface area contributed by atoms with E-state index >= 15 is 0 Å². The molecule has 3 aromatic rings. The molecular weight excluding hydrogens is 297 g/mol. The van der Waals surface area contributed by atoms with E-state index in [1.165, 1.54) is 24.6 Å². The summed E-state index contributed by atoms with van der Waals surface area (Å²) in [5.74, 6) is 0.276. The first-order chi connectivity index (χ1) is 10.2. The number of carbonyl (C=O) groups is 1. The topological polar surface area (TPSA) is 80.6 Å². The standard InChI is InChI=1S/C13H8FN3O3S/c14-12-4-3-8(21-12)7-15-16-13(18)9-6-11(20-17-9)10-2-1-5-19-10/h1-7H,(H,16,18)/b15-7-. The van der Waals surface area contributed by atoms with Gasteiger partial charge in [-0.1, -0.05) is 5.16 Å². The third-order valence-corrected chi connectivity index (χ3v) is 3.27. The first-order valence-electron chi connectivity index (χ1n) is 5.82. The summed E-state index contributed by atoms with van der Waals surface area (Å²) in [6.45, 7) is 0. The van der Waals surface area contributed by atoms with Gasteiger partial charge in [0.2, 0.25) is 5.76 Å². The fraction of sp³-hybridized carbons (Fsp3) is 0. The number of thiophene rings is 1. The van der Waals surface area contributed by atoms with Gasteiger partial charge in [-0.15, -0.1) is 11.3 Å². The number of hydrazone groups is 1. The van der Waals surface area contributed by atoms with Crippen LogP contribution in [0, 0.1) is 5.13 Å². The highest BCUT2D eigenvalue weighted by Gasteiger charge is 2.14. The summed E-state index contributed by atoms with van der Waals surface area (Å²) < 4.78 is 22.9.